The summed E-state index contributed by atoms with van der Waals surface area (Å²) in [5.41, 5.74) is 6.84. The predicted octanol–water partition coefficient (Wildman–Crippen LogP) is 4.31. The molecular weight excluding hydrogens is 631 g/mol. The summed E-state index contributed by atoms with van der Waals surface area (Å²) in [5, 5.41) is 17.3. The number of methoxy groups -OCH3 is 1. The van der Waals surface area contributed by atoms with Gasteiger partial charge in [-0.2, -0.15) is 0 Å². The number of aliphatic hydroxyl groups excluding tert-OH is 1. The summed E-state index contributed by atoms with van der Waals surface area (Å²) in [5.74, 6) is 0.264. The zero-order chi connectivity index (χ0) is 32.7. The number of carbonyl (C=O) groups is 2. The number of ether oxygens (including phenoxy) is 3. The number of morpholine rings is 1. The van der Waals surface area contributed by atoms with Crippen molar-refractivity contribution in [2.45, 2.75) is 84.9 Å². The van der Waals surface area contributed by atoms with E-state index in [-0.39, 0.29) is 72.3 Å². The van der Waals surface area contributed by atoms with Crippen LogP contribution in [0, 0.1) is 23.7 Å². The number of aliphatic hydroxyl groups is 1. The van der Waals surface area contributed by atoms with Gasteiger partial charge in [0.1, 0.15) is 5.75 Å². The van der Waals surface area contributed by atoms with Gasteiger partial charge in [0.25, 0.3) is 5.91 Å². The number of nitrogens with zero attached hydrogens (tertiary/aromatic N) is 1. The summed E-state index contributed by atoms with van der Waals surface area (Å²) in [7, 11) is 1.68. The fraction of sp³-hybridized carbons (Fsp3) is 0.765. The maximum atomic E-state index is 13.3. The van der Waals surface area contributed by atoms with Crippen LogP contribution in [0.25, 0.3) is 0 Å². The summed E-state index contributed by atoms with van der Waals surface area (Å²) in [6.45, 7) is 17.7. The number of benzene rings is 1. The number of halogens is 2. The summed E-state index contributed by atoms with van der Waals surface area (Å²) in [6, 6.07) is 6.72. The van der Waals surface area contributed by atoms with Gasteiger partial charge >= 0.3 is 0 Å². The average molecular weight is 694 g/mol. The number of nitrogens with two attached hydrogens (primary N) is 1. The van der Waals surface area contributed by atoms with Gasteiger partial charge in [-0.15, -0.1) is 24.8 Å². The van der Waals surface area contributed by atoms with Gasteiger partial charge in [-0.3, -0.25) is 14.5 Å². The van der Waals surface area contributed by atoms with E-state index in [1.807, 2.05) is 32.0 Å². The molecule has 0 aliphatic carbocycles. The lowest BCUT2D eigenvalue weighted by molar-refractivity contribution is -0.128. The van der Waals surface area contributed by atoms with Crippen molar-refractivity contribution in [3.05, 3.63) is 29.8 Å². The molecule has 1 heterocycles. The molecule has 2 amide bonds. The van der Waals surface area contributed by atoms with Crippen molar-refractivity contribution >= 4 is 36.6 Å². The van der Waals surface area contributed by atoms with Gasteiger partial charge in [0.15, 0.2) is 0 Å². The third kappa shape index (κ3) is 15.0. The standard InChI is InChI=1S/C34H60N4O6.2ClH/c1-24(2)26(22-36-32(40)27-12-8-9-13-31(27)44-17-11-10-16-42-7)20-29(35)30(39)21-28(25(3)4)33(41)37-23-34(5,6)38-14-18-43-19-15-38;;/h8-9,12-13,24-26,28-30,39H,10-11,14-23,35H2,1-7H3,(H,36,40)(H,37,41);2*1H. The van der Waals surface area contributed by atoms with Crippen molar-refractivity contribution in [2.24, 2.45) is 29.4 Å². The van der Waals surface area contributed by atoms with E-state index >= 15 is 0 Å². The van der Waals surface area contributed by atoms with Gasteiger partial charge < -0.3 is 35.7 Å². The molecule has 1 aliphatic heterocycles. The Morgan fingerprint density at radius 1 is 1.00 bits per heavy atom. The highest BCUT2D eigenvalue weighted by molar-refractivity contribution is 5.96. The summed E-state index contributed by atoms with van der Waals surface area (Å²) in [4.78, 5) is 28.8. The summed E-state index contributed by atoms with van der Waals surface area (Å²) >= 11 is 0. The molecule has 1 aromatic carbocycles. The monoisotopic (exact) mass is 692 g/mol. The highest BCUT2D eigenvalue weighted by atomic mass is 35.5. The van der Waals surface area contributed by atoms with Crippen molar-refractivity contribution in [1.82, 2.24) is 15.5 Å². The zero-order valence-electron chi connectivity index (χ0n) is 29.1. The SMILES string of the molecule is COCCCCOc1ccccc1C(=O)NCC(CC(N)C(O)CC(C(=O)NCC(C)(C)N1CCOCC1)C(C)C)C(C)C.Cl.Cl. The lowest BCUT2D eigenvalue weighted by Gasteiger charge is -2.41. The first-order valence-corrected chi connectivity index (χ1v) is 16.4. The number of hydrogen-bond acceptors (Lipinski definition) is 8. The topological polar surface area (TPSA) is 135 Å². The van der Waals surface area contributed by atoms with Gasteiger partial charge in [-0.1, -0.05) is 39.8 Å². The Hall–Kier alpha value is -1.66. The minimum atomic E-state index is -0.843. The normalized spacial score (nSPS) is 16.5. The van der Waals surface area contributed by atoms with E-state index in [4.69, 9.17) is 19.9 Å². The molecule has 4 unspecified atom stereocenters. The van der Waals surface area contributed by atoms with Crippen LogP contribution < -0.4 is 21.1 Å². The number of nitrogens with one attached hydrogen (secondary N) is 2. The number of hydrogen-bond donors (Lipinski definition) is 4. The van der Waals surface area contributed by atoms with Crippen LogP contribution in [0.1, 0.15) is 77.6 Å². The van der Waals surface area contributed by atoms with Crippen LogP contribution in [0.4, 0.5) is 0 Å². The Morgan fingerprint density at radius 3 is 2.24 bits per heavy atom. The molecular formula is C34H62Cl2N4O6. The molecule has 10 nitrogen and oxygen atoms in total. The molecule has 4 atom stereocenters. The Balaban J connectivity index is 0.0000101. The van der Waals surface area contributed by atoms with Crippen molar-refractivity contribution in [3.63, 3.8) is 0 Å². The Labute approximate surface area is 290 Å². The van der Waals surface area contributed by atoms with Gasteiger partial charge in [-0.25, -0.2) is 0 Å². The van der Waals surface area contributed by atoms with Crippen LogP contribution in [-0.2, 0) is 14.3 Å². The van der Waals surface area contributed by atoms with Crippen molar-refractivity contribution < 1.29 is 28.9 Å². The minimum Gasteiger partial charge on any atom is -0.493 e. The zero-order valence-corrected chi connectivity index (χ0v) is 30.7. The van der Waals surface area contributed by atoms with E-state index < -0.39 is 12.1 Å². The van der Waals surface area contributed by atoms with E-state index in [1.54, 1.807) is 13.2 Å². The number of unbranched alkanes of at least 4 members (excludes halogenated alkanes) is 1. The highest BCUT2D eigenvalue weighted by Gasteiger charge is 2.33. The molecule has 2 rings (SSSR count). The predicted molar refractivity (Wildman–Crippen MR) is 189 cm³/mol. The summed E-state index contributed by atoms with van der Waals surface area (Å²) in [6.07, 6.45) is 1.69. The Kier molecular flexibility index (Phi) is 22.0. The molecule has 268 valence electrons. The lowest BCUT2D eigenvalue weighted by Crippen LogP contribution is -2.56. The van der Waals surface area contributed by atoms with Crippen LogP contribution in [0.15, 0.2) is 24.3 Å². The van der Waals surface area contributed by atoms with Gasteiger partial charge in [0.2, 0.25) is 5.91 Å². The molecule has 1 saturated heterocycles. The maximum absolute atomic E-state index is 13.3. The van der Waals surface area contributed by atoms with Crippen LogP contribution in [0.5, 0.6) is 5.75 Å². The Morgan fingerprint density at radius 2 is 1.63 bits per heavy atom. The second-order valence-electron chi connectivity index (χ2n) is 13.4. The molecule has 46 heavy (non-hydrogen) atoms. The number of carbonyl (C=O) groups excluding carboxylic acids is 2. The molecule has 1 aromatic rings. The highest BCUT2D eigenvalue weighted by Crippen LogP contribution is 2.24. The van der Waals surface area contributed by atoms with Crippen molar-refractivity contribution in [2.75, 3.05) is 59.7 Å². The van der Waals surface area contributed by atoms with E-state index in [2.05, 4.69) is 43.2 Å². The second-order valence-corrected chi connectivity index (χ2v) is 13.4. The fourth-order valence-electron chi connectivity index (χ4n) is 5.56. The van der Waals surface area contributed by atoms with Crippen LogP contribution in [0.3, 0.4) is 0 Å². The molecule has 5 N–H and O–H groups in total. The number of rotatable bonds is 20. The molecule has 0 aromatic heterocycles. The molecule has 1 aliphatic rings. The van der Waals surface area contributed by atoms with E-state index in [0.29, 0.717) is 57.3 Å². The average Bonchev–Trinajstić information content (AvgIpc) is 3.00. The van der Waals surface area contributed by atoms with Crippen molar-refractivity contribution in [3.8, 4) is 5.75 Å². The van der Waals surface area contributed by atoms with Crippen LogP contribution in [-0.4, -0.2) is 99.2 Å². The molecule has 0 bridgehead atoms. The lowest BCUT2D eigenvalue weighted by atomic mass is 9.83. The van der Waals surface area contributed by atoms with Crippen molar-refractivity contribution in [1.29, 1.82) is 0 Å². The molecule has 0 spiro atoms. The van der Waals surface area contributed by atoms with E-state index in [0.717, 1.165) is 25.9 Å². The molecule has 1 fully saturated rings. The maximum Gasteiger partial charge on any atom is 0.255 e. The second kappa shape index (κ2) is 22.8. The third-order valence-electron chi connectivity index (χ3n) is 8.87. The molecule has 0 radical (unpaired) electrons. The van der Waals surface area contributed by atoms with Crippen LogP contribution >= 0.6 is 24.8 Å². The quantitative estimate of drug-likeness (QED) is 0.149. The molecule has 12 heteroatoms. The van der Waals surface area contributed by atoms with Gasteiger partial charge in [0.05, 0.1) is 31.5 Å². The first kappa shape index (κ1) is 44.3. The largest absolute Gasteiger partial charge is 0.493 e. The minimum absolute atomic E-state index is 0. The van der Waals surface area contributed by atoms with Gasteiger partial charge in [-0.05, 0) is 69.4 Å². The fourth-order valence-corrected chi connectivity index (χ4v) is 5.56. The Bertz CT molecular complexity index is 994. The van der Waals surface area contributed by atoms with E-state index in [1.165, 1.54) is 0 Å². The van der Waals surface area contributed by atoms with E-state index in [9.17, 15) is 14.7 Å². The number of amides is 2. The third-order valence-corrected chi connectivity index (χ3v) is 8.87. The number of para-hydroxylation sites is 1. The van der Waals surface area contributed by atoms with Crippen LogP contribution in [0.2, 0.25) is 0 Å². The van der Waals surface area contributed by atoms with Gasteiger partial charge in [0, 0.05) is 57.4 Å². The first-order chi connectivity index (χ1) is 20.9. The molecule has 0 saturated carbocycles. The smallest absolute Gasteiger partial charge is 0.255 e. The first-order valence-electron chi connectivity index (χ1n) is 16.4. The summed E-state index contributed by atoms with van der Waals surface area (Å²) < 4.78 is 16.4.